The number of rotatable bonds is 0. The van der Waals surface area contributed by atoms with Gasteiger partial charge in [-0.3, -0.25) is 0 Å². The molecule has 1 amide bonds. The summed E-state index contributed by atoms with van der Waals surface area (Å²) in [6.45, 7) is 1.48. The number of hydrogen-bond acceptors (Lipinski definition) is 1. The molecule has 2 atom stereocenters. The minimum atomic E-state index is -0.768. The van der Waals surface area contributed by atoms with Gasteiger partial charge in [-0.1, -0.05) is 0 Å². The van der Waals surface area contributed by atoms with E-state index in [4.69, 9.17) is 5.11 Å². The summed E-state index contributed by atoms with van der Waals surface area (Å²) in [4.78, 5) is 11.8. The van der Waals surface area contributed by atoms with E-state index in [9.17, 15) is 4.79 Å². The van der Waals surface area contributed by atoms with Crippen LogP contribution in [-0.4, -0.2) is 46.0 Å². The van der Waals surface area contributed by atoms with Gasteiger partial charge in [0, 0.05) is 0 Å². The first-order valence-corrected chi connectivity index (χ1v) is 4.33. The van der Waals surface area contributed by atoms with Gasteiger partial charge in [-0.2, -0.15) is 0 Å². The van der Waals surface area contributed by atoms with Crippen molar-refractivity contribution >= 4 is 22.9 Å². The van der Waals surface area contributed by atoms with Crippen molar-refractivity contribution in [2.75, 3.05) is 13.1 Å². The van der Waals surface area contributed by atoms with Crippen molar-refractivity contribution in [2.24, 2.45) is 0 Å². The van der Waals surface area contributed by atoms with Gasteiger partial charge >= 0.3 is 62.0 Å². The van der Waals surface area contributed by atoms with Crippen molar-refractivity contribution in [3.63, 3.8) is 0 Å². The monoisotopic (exact) mass is 191 g/mol. The molecule has 1 rings (SSSR count). The van der Waals surface area contributed by atoms with Crippen LogP contribution < -0.4 is 0 Å². The molecule has 9 heavy (non-hydrogen) atoms. The molecule has 3 nitrogen and oxygen atoms in total. The number of amides is 1. The van der Waals surface area contributed by atoms with Crippen molar-refractivity contribution in [3.05, 3.63) is 0 Å². The average molecular weight is 191 g/mol. The van der Waals surface area contributed by atoms with E-state index in [1.807, 2.05) is 0 Å². The Kier molecular flexibility index (Phi) is 2.01. The van der Waals surface area contributed by atoms with Gasteiger partial charge in [0.15, 0.2) is 0 Å². The average Bonchev–Trinajstić information content (AvgIpc) is 2.14. The van der Waals surface area contributed by atoms with Gasteiger partial charge in [-0.25, -0.2) is 0 Å². The van der Waals surface area contributed by atoms with Crippen molar-refractivity contribution in [3.8, 4) is 0 Å². The number of likely N-dealkylation sites (tertiary alicyclic amines) is 1. The van der Waals surface area contributed by atoms with Crippen LogP contribution in [0.3, 0.4) is 0 Å². The summed E-state index contributed by atoms with van der Waals surface area (Å²) >= 11 is 1.65. The molecule has 0 aromatic carbocycles. The molecule has 1 aliphatic rings. The number of nitrogens with zero attached hydrogens (tertiary/aromatic N) is 1. The van der Waals surface area contributed by atoms with Gasteiger partial charge < -0.3 is 0 Å². The van der Waals surface area contributed by atoms with Gasteiger partial charge in [0.2, 0.25) is 0 Å². The second-order valence-corrected chi connectivity index (χ2v) is 4.26. The molecule has 0 aromatic rings. The van der Waals surface area contributed by atoms with Gasteiger partial charge in [0.1, 0.15) is 0 Å². The Morgan fingerprint density at radius 3 is 2.67 bits per heavy atom. The summed E-state index contributed by atoms with van der Waals surface area (Å²) in [5, 5.41) is 8.46. The first-order valence-electron chi connectivity index (χ1n) is 2.93. The number of carbonyl (C=O) groups is 1. The molecule has 0 aromatic heterocycles. The quantitative estimate of drug-likeness (QED) is 0.538. The first kappa shape index (κ1) is 6.94. The van der Waals surface area contributed by atoms with E-state index in [0.29, 0.717) is 4.71 Å². The summed E-state index contributed by atoms with van der Waals surface area (Å²) in [7, 11) is 0. The summed E-state index contributed by atoms with van der Waals surface area (Å²) < 4.78 is 0.619. The zero-order valence-electron chi connectivity index (χ0n) is 5.08. The van der Waals surface area contributed by atoms with Crippen LogP contribution in [0.2, 0.25) is 4.71 Å². The van der Waals surface area contributed by atoms with Crippen LogP contribution in [0.15, 0.2) is 0 Å². The summed E-state index contributed by atoms with van der Waals surface area (Å²) in [6.07, 6.45) is 0.280. The topological polar surface area (TPSA) is 40.5 Å². The molecule has 2 unspecified atom stereocenters. The van der Waals surface area contributed by atoms with Gasteiger partial charge in [0.05, 0.1) is 0 Å². The van der Waals surface area contributed by atoms with Crippen LogP contribution in [-0.2, 0) is 0 Å². The van der Waals surface area contributed by atoms with Crippen molar-refractivity contribution < 1.29 is 9.90 Å². The van der Waals surface area contributed by atoms with E-state index < -0.39 is 6.09 Å². The second kappa shape index (κ2) is 2.61. The predicted molar refractivity (Wildman–Crippen MR) is 36.5 cm³/mol. The summed E-state index contributed by atoms with van der Waals surface area (Å²) in [5.74, 6) is 0. The molecule has 0 aliphatic carbocycles. The third kappa shape index (κ3) is 1.62. The Hall–Kier alpha value is -0.172. The standard InChI is InChI=1S/C5H10AsNO2/c6-4-1-2-7(3-4)5(8)9/h4H,1-3,6H2,(H,8,9). The molecular formula is C5H10AsNO2. The van der Waals surface area contributed by atoms with Crippen LogP contribution >= 0.6 is 0 Å². The maximum absolute atomic E-state index is 10.3. The molecule has 0 bridgehead atoms. The second-order valence-electron chi connectivity index (χ2n) is 2.28. The summed E-state index contributed by atoms with van der Waals surface area (Å²) in [6, 6.07) is 0. The molecule has 0 radical (unpaired) electrons. The molecule has 1 heterocycles. The van der Waals surface area contributed by atoms with Crippen LogP contribution in [0.1, 0.15) is 6.42 Å². The molecule has 52 valence electrons. The molecule has 0 saturated carbocycles. The molecular weight excluding hydrogens is 181 g/mol. The Morgan fingerprint density at radius 1 is 1.78 bits per heavy atom. The molecule has 1 saturated heterocycles. The SMILES string of the molecule is O=C(O)N1CCC([AsH2])C1. The van der Waals surface area contributed by atoms with Gasteiger partial charge in [-0.15, -0.1) is 0 Å². The van der Waals surface area contributed by atoms with Gasteiger partial charge in [0.25, 0.3) is 0 Å². The van der Waals surface area contributed by atoms with E-state index in [0.717, 1.165) is 19.5 Å². The van der Waals surface area contributed by atoms with Gasteiger partial charge in [-0.05, 0) is 0 Å². The first-order chi connectivity index (χ1) is 4.20. The molecule has 4 heteroatoms. The minimum absolute atomic E-state index is 0.619. The third-order valence-electron chi connectivity index (χ3n) is 1.50. The van der Waals surface area contributed by atoms with Crippen LogP contribution in [0.25, 0.3) is 0 Å². The van der Waals surface area contributed by atoms with Crippen molar-refractivity contribution in [1.29, 1.82) is 0 Å². The predicted octanol–water partition coefficient (Wildman–Crippen LogP) is -0.208. The summed E-state index contributed by atoms with van der Waals surface area (Å²) in [5.41, 5.74) is 0. The Labute approximate surface area is 62.5 Å². The zero-order valence-corrected chi connectivity index (χ0v) is 7.50. The van der Waals surface area contributed by atoms with Crippen LogP contribution in [0, 0.1) is 0 Å². The van der Waals surface area contributed by atoms with Crippen LogP contribution in [0.5, 0.6) is 0 Å². The van der Waals surface area contributed by atoms with E-state index in [1.165, 1.54) is 4.90 Å². The Morgan fingerprint density at radius 2 is 2.44 bits per heavy atom. The Balaban J connectivity index is 2.39. The van der Waals surface area contributed by atoms with E-state index in [-0.39, 0.29) is 0 Å². The maximum atomic E-state index is 10.3. The number of hydrogen-bond donors (Lipinski definition) is 1. The zero-order chi connectivity index (χ0) is 6.85. The van der Waals surface area contributed by atoms with Crippen molar-refractivity contribution in [2.45, 2.75) is 11.1 Å². The Bertz CT molecular complexity index is 128. The fourth-order valence-electron chi connectivity index (χ4n) is 0.961. The van der Waals surface area contributed by atoms with Crippen LogP contribution in [0.4, 0.5) is 4.79 Å². The van der Waals surface area contributed by atoms with E-state index in [1.54, 1.807) is 16.9 Å². The molecule has 1 N–H and O–H groups in total. The molecule has 1 aliphatic heterocycles. The molecule has 0 spiro atoms. The fraction of sp³-hybridized carbons (Fsp3) is 0.800. The molecule has 1 fully saturated rings. The van der Waals surface area contributed by atoms with E-state index in [2.05, 4.69) is 0 Å². The normalized spacial score (nSPS) is 26.8. The fourth-order valence-corrected chi connectivity index (χ4v) is 1.81. The number of carboxylic acid groups (broad SMARTS) is 1. The van der Waals surface area contributed by atoms with E-state index >= 15 is 0 Å². The third-order valence-corrected chi connectivity index (χ3v) is 2.64. The van der Waals surface area contributed by atoms with Crippen molar-refractivity contribution in [1.82, 2.24) is 4.90 Å².